The molecule has 0 radical (unpaired) electrons. The summed E-state index contributed by atoms with van der Waals surface area (Å²) in [6.07, 6.45) is 0. The van der Waals surface area contributed by atoms with Gasteiger partial charge in [-0.2, -0.15) is 11.3 Å². The van der Waals surface area contributed by atoms with E-state index in [-0.39, 0.29) is 5.97 Å². The first-order valence-electron chi connectivity index (χ1n) is 7.24. The van der Waals surface area contributed by atoms with Crippen molar-refractivity contribution in [1.29, 1.82) is 0 Å². The molecule has 3 rings (SSSR count). The van der Waals surface area contributed by atoms with Crippen LogP contribution in [0.4, 0.5) is 5.69 Å². The van der Waals surface area contributed by atoms with Crippen LogP contribution in [-0.4, -0.2) is 17.6 Å². The SMILES string of the molecule is CCOC(=O)c1ccc(NCc2csc(-c3ccsc3)n2)cc1. The molecule has 0 fully saturated rings. The van der Waals surface area contributed by atoms with Gasteiger partial charge < -0.3 is 10.1 Å². The number of ether oxygens (including phenoxy) is 1. The van der Waals surface area contributed by atoms with Crippen LogP contribution in [0.5, 0.6) is 0 Å². The lowest BCUT2D eigenvalue weighted by molar-refractivity contribution is 0.0526. The third kappa shape index (κ3) is 3.97. The van der Waals surface area contributed by atoms with E-state index in [4.69, 9.17) is 4.74 Å². The Labute approximate surface area is 142 Å². The van der Waals surface area contributed by atoms with Crippen LogP contribution < -0.4 is 5.32 Å². The second-order valence-corrected chi connectivity index (χ2v) is 6.45. The average Bonchev–Trinajstić information content (AvgIpc) is 3.25. The van der Waals surface area contributed by atoms with Gasteiger partial charge in [-0.05, 0) is 42.6 Å². The third-order valence-electron chi connectivity index (χ3n) is 3.19. The molecule has 4 nitrogen and oxygen atoms in total. The standard InChI is InChI=1S/C17H16N2O2S2/c1-2-21-17(20)12-3-5-14(6-4-12)18-9-15-11-23-16(19-15)13-7-8-22-10-13/h3-8,10-11,18H,2,9H2,1H3. The van der Waals surface area contributed by atoms with Crippen molar-refractivity contribution in [2.24, 2.45) is 0 Å². The molecule has 2 aromatic heterocycles. The number of carbonyl (C=O) groups is 1. The second-order valence-electron chi connectivity index (χ2n) is 4.81. The fourth-order valence-corrected chi connectivity index (χ4v) is 3.57. The van der Waals surface area contributed by atoms with Gasteiger partial charge in [-0.15, -0.1) is 11.3 Å². The smallest absolute Gasteiger partial charge is 0.338 e. The van der Waals surface area contributed by atoms with Crippen molar-refractivity contribution in [2.75, 3.05) is 11.9 Å². The van der Waals surface area contributed by atoms with Crippen LogP contribution in [0.3, 0.4) is 0 Å². The summed E-state index contributed by atoms with van der Waals surface area (Å²) in [4.78, 5) is 16.2. The van der Waals surface area contributed by atoms with Crippen molar-refractivity contribution >= 4 is 34.3 Å². The predicted octanol–water partition coefficient (Wildman–Crippen LogP) is 4.66. The van der Waals surface area contributed by atoms with Crippen LogP contribution in [0.2, 0.25) is 0 Å². The Balaban J connectivity index is 1.59. The zero-order valence-electron chi connectivity index (χ0n) is 12.6. The number of nitrogens with one attached hydrogen (secondary N) is 1. The van der Waals surface area contributed by atoms with E-state index >= 15 is 0 Å². The highest BCUT2D eigenvalue weighted by molar-refractivity contribution is 7.14. The van der Waals surface area contributed by atoms with Gasteiger partial charge in [-0.25, -0.2) is 9.78 Å². The zero-order chi connectivity index (χ0) is 16.1. The minimum absolute atomic E-state index is 0.293. The summed E-state index contributed by atoms with van der Waals surface area (Å²) >= 11 is 3.32. The number of benzene rings is 1. The Morgan fingerprint density at radius 1 is 1.22 bits per heavy atom. The zero-order valence-corrected chi connectivity index (χ0v) is 14.2. The molecule has 0 spiro atoms. The van der Waals surface area contributed by atoms with Gasteiger partial charge in [-0.1, -0.05) is 0 Å². The highest BCUT2D eigenvalue weighted by Crippen LogP contribution is 2.26. The molecular weight excluding hydrogens is 328 g/mol. The first-order chi connectivity index (χ1) is 11.3. The Bertz CT molecular complexity index is 764. The maximum Gasteiger partial charge on any atom is 0.338 e. The molecular formula is C17H16N2O2S2. The second kappa shape index (κ2) is 7.39. The fourth-order valence-electron chi connectivity index (χ4n) is 2.04. The summed E-state index contributed by atoms with van der Waals surface area (Å²) in [5.74, 6) is -0.293. The molecule has 0 bridgehead atoms. The van der Waals surface area contributed by atoms with Crippen LogP contribution in [0, 0.1) is 0 Å². The number of hydrogen-bond acceptors (Lipinski definition) is 6. The lowest BCUT2D eigenvalue weighted by Gasteiger charge is -2.06. The Hall–Kier alpha value is -2.18. The van der Waals surface area contributed by atoms with E-state index in [2.05, 4.69) is 32.5 Å². The summed E-state index contributed by atoms with van der Waals surface area (Å²) in [6, 6.07) is 9.35. The van der Waals surface area contributed by atoms with Gasteiger partial charge in [0.1, 0.15) is 5.01 Å². The van der Waals surface area contributed by atoms with Crippen LogP contribution in [-0.2, 0) is 11.3 Å². The topological polar surface area (TPSA) is 51.2 Å². The number of esters is 1. The summed E-state index contributed by atoms with van der Waals surface area (Å²) in [6.45, 7) is 2.83. The molecule has 6 heteroatoms. The van der Waals surface area contributed by atoms with Crippen molar-refractivity contribution in [3.8, 4) is 10.6 Å². The van der Waals surface area contributed by atoms with Gasteiger partial charge in [0.2, 0.25) is 0 Å². The Morgan fingerprint density at radius 2 is 2.04 bits per heavy atom. The molecule has 0 atom stereocenters. The van der Waals surface area contributed by atoms with Crippen molar-refractivity contribution in [1.82, 2.24) is 4.98 Å². The highest BCUT2D eigenvalue weighted by Gasteiger charge is 2.07. The van der Waals surface area contributed by atoms with Crippen molar-refractivity contribution in [3.63, 3.8) is 0 Å². The summed E-state index contributed by atoms with van der Waals surface area (Å²) in [7, 11) is 0. The molecule has 23 heavy (non-hydrogen) atoms. The van der Waals surface area contributed by atoms with E-state index in [1.54, 1.807) is 41.7 Å². The maximum atomic E-state index is 11.6. The molecule has 1 N–H and O–H groups in total. The minimum atomic E-state index is -0.293. The monoisotopic (exact) mass is 344 g/mol. The van der Waals surface area contributed by atoms with Crippen molar-refractivity contribution in [2.45, 2.75) is 13.5 Å². The third-order valence-corrected chi connectivity index (χ3v) is 4.81. The number of rotatable bonds is 6. The van der Waals surface area contributed by atoms with E-state index in [0.29, 0.717) is 18.7 Å². The molecule has 0 saturated carbocycles. The van der Waals surface area contributed by atoms with Crippen LogP contribution in [0.15, 0.2) is 46.5 Å². The van der Waals surface area contributed by atoms with Crippen molar-refractivity contribution in [3.05, 3.63) is 57.7 Å². The Kier molecular flexibility index (Phi) is 5.05. The summed E-state index contributed by atoms with van der Waals surface area (Å²) < 4.78 is 4.97. The van der Waals surface area contributed by atoms with E-state index < -0.39 is 0 Å². The Morgan fingerprint density at radius 3 is 2.74 bits per heavy atom. The normalized spacial score (nSPS) is 10.5. The minimum Gasteiger partial charge on any atom is -0.462 e. The number of hydrogen-bond donors (Lipinski definition) is 1. The van der Waals surface area contributed by atoms with Gasteiger partial charge in [0.05, 0.1) is 24.4 Å². The van der Waals surface area contributed by atoms with Gasteiger partial charge in [-0.3, -0.25) is 0 Å². The number of carbonyl (C=O) groups excluding carboxylic acids is 1. The quantitative estimate of drug-likeness (QED) is 0.661. The van der Waals surface area contributed by atoms with Gasteiger partial charge in [0.15, 0.2) is 0 Å². The van der Waals surface area contributed by atoms with Crippen molar-refractivity contribution < 1.29 is 9.53 Å². The fraction of sp³-hybridized carbons (Fsp3) is 0.176. The van der Waals surface area contributed by atoms with Gasteiger partial charge >= 0.3 is 5.97 Å². The molecule has 0 aliphatic rings. The number of thiazole rings is 1. The first kappa shape index (κ1) is 15.7. The molecule has 0 aliphatic heterocycles. The predicted molar refractivity (Wildman–Crippen MR) is 95.2 cm³/mol. The molecule has 3 aromatic rings. The molecule has 118 valence electrons. The van der Waals surface area contributed by atoms with E-state index in [9.17, 15) is 4.79 Å². The molecule has 1 aromatic carbocycles. The molecule has 0 amide bonds. The molecule has 0 unspecified atom stereocenters. The first-order valence-corrected chi connectivity index (χ1v) is 9.06. The number of aromatic nitrogens is 1. The van der Waals surface area contributed by atoms with Crippen LogP contribution in [0.1, 0.15) is 23.0 Å². The lowest BCUT2D eigenvalue weighted by atomic mass is 10.2. The highest BCUT2D eigenvalue weighted by atomic mass is 32.1. The van der Waals surface area contributed by atoms with E-state index in [0.717, 1.165) is 16.4 Å². The number of nitrogens with zero attached hydrogens (tertiary/aromatic N) is 1. The summed E-state index contributed by atoms with van der Waals surface area (Å²) in [5, 5.41) is 10.6. The van der Waals surface area contributed by atoms with E-state index in [1.165, 1.54) is 5.56 Å². The number of thiophene rings is 1. The van der Waals surface area contributed by atoms with Gasteiger partial charge in [0, 0.05) is 22.0 Å². The van der Waals surface area contributed by atoms with E-state index in [1.807, 2.05) is 12.1 Å². The largest absolute Gasteiger partial charge is 0.462 e. The van der Waals surface area contributed by atoms with Crippen LogP contribution in [0.25, 0.3) is 10.6 Å². The summed E-state index contributed by atoms with van der Waals surface area (Å²) in [5.41, 5.74) is 3.68. The molecule has 0 saturated heterocycles. The molecule has 2 heterocycles. The molecule has 0 aliphatic carbocycles. The van der Waals surface area contributed by atoms with Gasteiger partial charge in [0.25, 0.3) is 0 Å². The average molecular weight is 344 g/mol. The lowest BCUT2D eigenvalue weighted by Crippen LogP contribution is -2.05. The number of anilines is 1. The maximum absolute atomic E-state index is 11.6. The van der Waals surface area contributed by atoms with Crippen LogP contribution >= 0.6 is 22.7 Å².